The molecule has 2 aromatic rings. The molecule has 0 saturated heterocycles. The summed E-state index contributed by atoms with van der Waals surface area (Å²) >= 11 is 0. The van der Waals surface area contributed by atoms with E-state index in [0.29, 0.717) is 6.42 Å². The monoisotopic (exact) mass is 277 g/mol. The van der Waals surface area contributed by atoms with Crippen LogP contribution in [0.4, 0.5) is 18.9 Å². The maximum absolute atomic E-state index is 12.7. The van der Waals surface area contributed by atoms with Gasteiger partial charge in [-0.25, -0.2) is 0 Å². The van der Waals surface area contributed by atoms with Gasteiger partial charge in [0.25, 0.3) is 0 Å². The van der Waals surface area contributed by atoms with Gasteiger partial charge in [0.15, 0.2) is 0 Å². The normalized spacial score (nSPS) is 17.7. The summed E-state index contributed by atoms with van der Waals surface area (Å²) in [6, 6.07) is 12.0. The third kappa shape index (κ3) is 2.38. The van der Waals surface area contributed by atoms with Crippen LogP contribution in [0.5, 0.6) is 0 Å². The molecular formula is C16H14F3N. The van der Waals surface area contributed by atoms with Crippen molar-refractivity contribution in [3.63, 3.8) is 0 Å². The number of nitrogens with one attached hydrogen (secondary N) is 1. The SMILES string of the molecule is Cc1cccc(C2Cc3cc(C(F)(F)F)ccc3N2)c1. The molecule has 0 bridgehead atoms. The van der Waals surface area contributed by atoms with Crippen molar-refractivity contribution in [3.8, 4) is 0 Å². The zero-order chi connectivity index (χ0) is 14.3. The molecule has 1 heterocycles. The predicted octanol–water partition coefficient (Wildman–Crippen LogP) is 4.72. The summed E-state index contributed by atoms with van der Waals surface area (Å²) < 4.78 is 38.1. The largest absolute Gasteiger partial charge is 0.416 e. The molecule has 1 nitrogen and oxygen atoms in total. The standard InChI is InChI=1S/C16H14F3N/c1-10-3-2-4-11(7-10)15-9-12-8-13(16(17,18)19)5-6-14(12)20-15/h2-8,15,20H,9H2,1H3. The van der Waals surface area contributed by atoms with Gasteiger partial charge < -0.3 is 5.32 Å². The fourth-order valence-corrected chi connectivity index (χ4v) is 2.63. The van der Waals surface area contributed by atoms with Gasteiger partial charge in [-0.05, 0) is 42.7 Å². The third-order valence-corrected chi connectivity index (χ3v) is 3.63. The quantitative estimate of drug-likeness (QED) is 0.795. The van der Waals surface area contributed by atoms with E-state index in [4.69, 9.17) is 0 Å². The first kappa shape index (κ1) is 13.0. The van der Waals surface area contributed by atoms with Crippen molar-refractivity contribution < 1.29 is 13.2 Å². The number of rotatable bonds is 1. The van der Waals surface area contributed by atoms with E-state index in [0.717, 1.165) is 28.4 Å². The number of alkyl halides is 3. The fraction of sp³-hybridized carbons (Fsp3) is 0.250. The zero-order valence-electron chi connectivity index (χ0n) is 11.0. The Morgan fingerprint density at radius 1 is 1.10 bits per heavy atom. The van der Waals surface area contributed by atoms with E-state index in [2.05, 4.69) is 11.4 Å². The van der Waals surface area contributed by atoms with E-state index in [9.17, 15) is 13.2 Å². The van der Waals surface area contributed by atoms with Gasteiger partial charge in [0.1, 0.15) is 0 Å². The van der Waals surface area contributed by atoms with E-state index < -0.39 is 11.7 Å². The second-order valence-electron chi connectivity index (χ2n) is 5.18. The lowest BCUT2D eigenvalue weighted by molar-refractivity contribution is -0.137. The van der Waals surface area contributed by atoms with E-state index in [1.807, 2.05) is 25.1 Å². The van der Waals surface area contributed by atoms with E-state index in [1.54, 1.807) is 0 Å². The fourth-order valence-electron chi connectivity index (χ4n) is 2.63. The van der Waals surface area contributed by atoms with Crippen LogP contribution in [-0.2, 0) is 12.6 Å². The van der Waals surface area contributed by atoms with Crippen LogP contribution < -0.4 is 5.32 Å². The molecule has 0 saturated carbocycles. The van der Waals surface area contributed by atoms with Gasteiger partial charge in [0.05, 0.1) is 11.6 Å². The molecule has 3 rings (SSSR count). The van der Waals surface area contributed by atoms with Crippen LogP contribution in [0, 0.1) is 6.92 Å². The highest BCUT2D eigenvalue weighted by molar-refractivity contribution is 5.59. The molecule has 1 N–H and O–H groups in total. The first-order valence-electron chi connectivity index (χ1n) is 6.47. The molecule has 0 amide bonds. The highest BCUT2D eigenvalue weighted by atomic mass is 19.4. The maximum atomic E-state index is 12.7. The highest BCUT2D eigenvalue weighted by Gasteiger charge is 2.32. The van der Waals surface area contributed by atoms with Crippen molar-refractivity contribution in [1.82, 2.24) is 0 Å². The summed E-state index contributed by atoms with van der Waals surface area (Å²) in [7, 11) is 0. The Labute approximate surface area is 115 Å². The van der Waals surface area contributed by atoms with Crippen LogP contribution >= 0.6 is 0 Å². The predicted molar refractivity (Wildman–Crippen MR) is 72.7 cm³/mol. The zero-order valence-corrected chi connectivity index (χ0v) is 11.0. The lowest BCUT2D eigenvalue weighted by atomic mass is 10.0. The topological polar surface area (TPSA) is 12.0 Å². The van der Waals surface area contributed by atoms with Gasteiger partial charge in [-0.1, -0.05) is 29.8 Å². The number of benzene rings is 2. The Morgan fingerprint density at radius 2 is 1.90 bits per heavy atom. The van der Waals surface area contributed by atoms with Gasteiger partial charge in [0.2, 0.25) is 0 Å². The molecule has 1 aliphatic heterocycles. The lowest BCUT2D eigenvalue weighted by Gasteiger charge is -2.12. The molecule has 0 aliphatic carbocycles. The van der Waals surface area contributed by atoms with Crippen molar-refractivity contribution in [1.29, 1.82) is 0 Å². The Balaban J connectivity index is 1.89. The van der Waals surface area contributed by atoms with Gasteiger partial charge in [-0.15, -0.1) is 0 Å². The van der Waals surface area contributed by atoms with Gasteiger partial charge in [-0.2, -0.15) is 13.2 Å². The summed E-state index contributed by atoms with van der Waals surface area (Å²) in [5.74, 6) is 0. The van der Waals surface area contributed by atoms with Crippen molar-refractivity contribution in [2.75, 3.05) is 5.32 Å². The second-order valence-corrected chi connectivity index (χ2v) is 5.18. The maximum Gasteiger partial charge on any atom is 0.416 e. The summed E-state index contributed by atoms with van der Waals surface area (Å²) in [5.41, 5.74) is 3.20. The Bertz CT molecular complexity index is 646. The summed E-state index contributed by atoms with van der Waals surface area (Å²) in [6.45, 7) is 2.01. The van der Waals surface area contributed by atoms with E-state index in [1.165, 1.54) is 12.1 Å². The van der Waals surface area contributed by atoms with Crippen molar-refractivity contribution in [2.24, 2.45) is 0 Å². The average molecular weight is 277 g/mol. The van der Waals surface area contributed by atoms with Crippen LogP contribution in [0.1, 0.15) is 28.3 Å². The number of fused-ring (bicyclic) bond motifs is 1. The smallest absolute Gasteiger partial charge is 0.378 e. The number of hydrogen-bond donors (Lipinski definition) is 1. The number of aryl methyl sites for hydroxylation is 1. The van der Waals surface area contributed by atoms with Crippen LogP contribution in [0.3, 0.4) is 0 Å². The van der Waals surface area contributed by atoms with Crippen molar-refractivity contribution in [2.45, 2.75) is 25.6 Å². The van der Waals surface area contributed by atoms with Crippen LogP contribution in [0.2, 0.25) is 0 Å². The molecule has 2 aromatic carbocycles. The third-order valence-electron chi connectivity index (χ3n) is 3.63. The van der Waals surface area contributed by atoms with Crippen LogP contribution in [-0.4, -0.2) is 0 Å². The summed E-state index contributed by atoms with van der Waals surface area (Å²) in [6.07, 6.45) is -3.70. The molecule has 0 radical (unpaired) electrons. The molecule has 0 spiro atoms. The first-order valence-corrected chi connectivity index (χ1v) is 6.47. The Hall–Kier alpha value is -1.97. The molecule has 20 heavy (non-hydrogen) atoms. The van der Waals surface area contributed by atoms with Gasteiger partial charge >= 0.3 is 6.18 Å². The van der Waals surface area contributed by atoms with Crippen LogP contribution in [0.25, 0.3) is 0 Å². The second kappa shape index (κ2) is 4.54. The van der Waals surface area contributed by atoms with E-state index >= 15 is 0 Å². The number of hydrogen-bond acceptors (Lipinski definition) is 1. The lowest BCUT2D eigenvalue weighted by Crippen LogP contribution is -2.05. The number of halogens is 3. The van der Waals surface area contributed by atoms with Crippen LogP contribution in [0.15, 0.2) is 42.5 Å². The van der Waals surface area contributed by atoms with Gasteiger partial charge in [-0.3, -0.25) is 0 Å². The van der Waals surface area contributed by atoms with Crippen molar-refractivity contribution >= 4 is 5.69 Å². The molecule has 4 heteroatoms. The average Bonchev–Trinajstić information content (AvgIpc) is 2.80. The summed E-state index contributed by atoms with van der Waals surface area (Å²) in [4.78, 5) is 0. The first-order chi connectivity index (χ1) is 9.43. The van der Waals surface area contributed by atoms with Gasteiger partial charge in [0, 0.05) is 5.69 Å². The molecular weight excluding hydrogens is 263 g/mol. The molecule has 1 unspecified atom stereocenters. The summed E-state index contributed by atoms with van der Waals surface area (Å²) in [5, 5.41) is 3.29. The minimum Gasteiger partial charge on any atom is -0.378 e. The molecule has 1 aliphatic rings. The van der Waals surface area contributed by atoms with Crippen molar-refractivity contribution in [3.05, 3.63) is 64.7 Å². The molecule has 104 valence electrons. The molecule has 0 fully saturated rings. The molecule has 1 atom stereocenters. The highest BCUT2D eigenvalue weighted by Crippen LogP contribution is 2.38. The molecule has 0 aromatic heterocycles. The number of anilines is 1. The Kier molecular flexibility index (Phi) is 2.96. The minimum absolute atomic E-state index is 0.0494. The minimum atomic E-state index is -4.28. The Morgan fingerprint density at radius 3 is 2.60 bits per heavy atom. The van der Waals surface area contributed by atoms with E-state index in [-0.39, 0.29) is 6.04 Å².